The van der Waals surface area contributed by atoms with Crippen LogP contribution in [0.5, 0.6) is 0 Å². The van der Waals surface area contributed by atoms with Gasteiger partial charge in [0.05, 0.1) is 0 Å². The molecule has 0 N–H and O–H groups in total. The summed E-state index contributed by atoms with van der Waals surface area (Å²) < 4.78 is 39.0. The zero-order chi connectivity index (χ0) is 12.5. The molecule has 1 atom stereocenters. The normalized spacial score (nSPS) is 13.0. The van der Waals surface area contributed by atoms with Gasteiger partial charge in [-0.1, -0.05) is 13.8 Å². The second-order valence-corrected chi connectivity index (χ2v) is 4.16. The van der Waals surface area contributed by atoms with E-state index in [2.05, 4.69) is 4.98 Å². The number of hydrogen-bond acceptors (Lipinski definition) is 2. The van der Waals surface area contributed by atoms with E-state index in [9.17, 15) is 13.2 Å². The lowest BCUT2D eigenvalue weighted by Gasteiger charge is -2.29. The van der Waals surface area contributed by atoms with Crippen LogP contribution in [0.4, 0.5) is 19.0 Å². The zero-order valence-corrected chi connectivity index (χ0v) is 9.76. The molecule has 0 radical (unpaired) electrons. The van der Waals surface area contributed by atoms with E-state index in [-0.39, 0.29) is 17.8 Å². The topological polar surface area (TPSA) is 16.1 Å². The highest BCUT2D eigenvalue weighted by Crippen LogP contribution is 2.21. The second-order valence-electron chi connectivity index (χ2n) is 4.16. The Kier molecular flexibility index (Phi) is 3.78. The SMILES string of the molecule is CC(C)C(C)N(C)c1nc(F)c(F)cc1F. The molecule has 2 nitrogen and oxygen atoms in total. The number of aromatic nitrogens is 1. The van der Waals surface area contributed by atoms with Gasteiger partial charge in [-0.15, -0.1) is 0 Å². The number of nitrogens with zero attached hydrogens (tertiary/aromatic N) is 2. The van der Waals surface area contributed by atoms with Crippen molar-refractivity contribution in [3.05, 3.63) is 23.6 Å². The summed E-state index contributed by atoms with van der Waals surface area (Å²) in [5.74, 6) is -3.32. The molecule has 0 aliphatic rings. The lowest BCUT2D eigenvalue weighted by molar-refractivity contribution is 0.451. The van der Waals surface area contributed by atoms with Crippen molar-refractivity contribution in [2.24, 2.45) is 5.92 Å². The van der Waals surface area contributed by atoms with Gasteiger partial charge >= 0.3 is 0 Å². The van der Waals surface area contributed by atoms with Gasteiger partial charge in [0, 0.05) is 19.2 Å². The third kappa shape index (κ3) is 2.46. The van der Waals surface area contributed by atoms with E-state index in [0.29, 0.717) is 6.07 Å². The molecule has 0 amide bonds. The Hall–Kier alpha value is -1.26. The highest BCUT2D eigenvalue weighted by molar-refractivity contribution is 5.40. The van der Waals surface area contributed by atoms with E-state index in [1.807, 2.05) is 20.8 Å². The first kappa shape index (κ1) is 12.8. The molecule has 90 valence electrons. The number of halogens is 3. The predicted molar refractivity (Wildman–Crippen MR) is 56.8 cm³/mol. The van der Waals surface area contributed by atoms with Crippen LogP contribution in [-0.2, 0) is 0 Å². The Morgan fingerprint density at radius 2 is 1.69 bits per heavy atom. The molecule has 1 unspecified atom stereocenters. The molecule has 1 heterocycles. The molecule has 1 aromatic heterocycles. The second kappa shape index (κ2) is 4.72. The Labute approximate surface area is 93.1 Å². The molecule has 0 spiro atoms. The first-order valence-corrected chi connectivity index (χ1v) is 5.09. The molecule has 0 aromatic carbocycles. The minimum Gasteiger partial charge on any atom is -0.354 e. The van der Waals surface area contributed by atoms with Gasteiger partial charge in [-0.05, 0) is 12.8 Å². The van der Waals surface area contributed by atoms with Crippen LogP contribution in [0, 0.1) is 23.5 Å². The fourth-order valence-corrected chi connectivity index (χ4v) is 1.32. The fraction of sp³-hybridized carbons (Fsp3) is 0.545. The van der Waals surface area contributed by atoms with Crippen molar-refractivity contribution >= 4 is 5.82 Å². The van der Waals surface area contributed by atoms with Gasteiger partial charge < -0.3 is 4.90 Å². The lowest BCUT2D eigenvalue weighted by atomic mass is 10.1. The van der Waals surface area contributed by atoms with E-state index >= 15 is 0 Å². The average Bonchev–Trinajstić information content (AvgIpc) is 2.21. The highest BCUT2D eigenvalue weighted by Gasteiger charge is 2.20. The van der Waals surface area contributed by atoms with Gasteiger partial charge in [-0.2, -0.15) is 9.37 Å². The van der Waals surface area contributed by atoms with Crippen molar-refractivity contribution in [1.29, 1.82) is 0 Å². The van der Waals surface area contributed by atoms with E-state index in [4.69, 9.17) is 0 Å². The summed E-state index contributed by atoms with van der Waals surface area (Å²) in [7, 11) is 1.60. The number of pyridine rings is 1. The smallest absolute Gasteiger partial charge is 0.251 e. The maximum absolute atomic E-state index is 13.4. The Morgan fingerprint density at radius 3 is 2.19 bits per heavy atom. The quantitative estimate of drug-likeness (QED) is 0.745. The molecule has 5 heteroatoms. The molecule has 0 fully saturated rings. The van der Waals surface area contributed by atoms with Crippen molar-refractivity contribution in [1.82, 2.24) is 4.98 Å². The Balaban J connectivity index is 3.08. The van der Waals surface area contributed by atoms with Gasteiger partial charge in [0.2, 0.25) is 0 Å². The summed E-state index contributed by atoms with van der Waals surface area (Å²) >= 11 is 0. The van der Waals surface area contributed by atoms with Crippen LogP contribution < -0.4 is 4.90 Å². The van der Waals surface area contributed by atoms with Gasteiger partial charge in [0.15, 0.2) is 17.5 Å². The molecule has 1 aromatic rings. The predicted octanol–water partition coefficient (Wildman–Crippen LogP) is 2.98. The third-order valence-electron chi connectivity index (χ3n) is 2.78. The van der Waals surface area contributed by atoms with Crippen molar-refractivity contribution < 1.29 is 13.2 Å². The maximum atomic E-state index is 13.4. The molecule has 0 bridgehead atoms. The van der Waals surface area contributed by atoms with Crippen LogP contribution in [0.3, 0.4) is 0 Å². The maximum Gasteiger partial charge on any atom is 0.251 e. The van der Waals surface area contributed by atoms with Crippen LogP contribution in [0.2, 0.25) is 0 Å². The van der Waals surface area contributed by atoms with Crippen molar-refractivity contribution in [2.75, 3.05) is 11.9 Å². The van der Waals surface area contributed by atoms with Crippen LogP contribution >= 0.6 is 0 Å². The molecule has 0 saturated carbocycles. The van der Waals surface area contributed by atoms with Crippen LogP contribution in [0.1, 0.15) is 20.8 Å². The molecule has 0 aliphatic carbocycles. The number of anilines is 1. The van der Waals surface area contributed by atoms with Crippen LogP contribution in [0.25, 0.3) is 0 Å². The van der Waals surface area contributed by atoms with Gasteiger partial charge in [-0.25, -0.2) is 8.78 Å². The van der Waals surface area contributed by atoms with Crippen molar-refractivity contribution in [3.8, 4) is 0 Å². The van der Waals surface area contributed by atoms with Gasteiger partial charge in [-0.3, -0.25) is 0 Å². The van der Waals surface area contributed by atoms with Crippen molar-refractivity contribution in [3.63, 3.8) is 0 Å². The van der Waals surface area contributed by atoms with Gasteiger partial charge in [0.25, 0.3) is 5.95 Å². The lowest BCUT2D eigenvalue weighted by Crippen LogP contribution is -2.34. The van der Waals surface area contributed by atoms with E-state index < -0.39 is 17.6 Å². The van der Waals surface area contributed by atoms with E-state index in [1.54, 1.807) is 7.05 Å². The first-order valence-electron chi connectivity index (χ1n) is 5.09. The summed E-state index contributed by atoms with van der Waals surface area (Å²) in [6, 6.07) is 0.494. The molecule has 0 aliphatic heterocycles. The van der Waals surface area contributed by atoms with Crippen LogP contribution in [-0.4, -0.2) is 18.1 Å². The standard InChI is InChI=1S/C11H15F3N2/c1-6(2)7(3)16(4)11-9(13)5-8(12)10(14)15-11/h5-7H,1-4H3. The fourth-order valence-electron chi connectivity index (χ4n) is 1.32. The molecule has 16 heavy (non-hydrogen) atoms. The molecular weight excluding hydrogens is 217 g/mol. The summed E-state index contributed by atoms with van der Waals surface area (Å²) in [6.07, 6.45) is 0. The van der Waals surface area contributed by atoms with Crippen molar-refractivity contribution in [2.45, 2.75) is 26.8 Å². The van der Waals surface area contributed by atoms with Crippen LogP contribution in [0.15, 0.2) is 6.07 Å². The van der Waals surface area contributed by atoms with Gasteiger partial charge in [0.1, 0.15) is 0 Å². The summed E-state index contributed by atoms with van der Waals surface area (Å²) in [4.78, 5) is 4.79. The first-order chi connectivity index (χ1) is 7.34. The third-order valence-corrected chi connectivity index (χ3v) is 2.78. The highest BCUT2D eigenvalue weighted by atomic mass is 19.2. The number of hydrogen-bond donors (Lipinski definition) is 0. The Morgan fingerprint density at radius 1 is 1.12 bits per heavy atom. The molecular formula is C11H15F3N2. The summed E-state index contributed by atoms with van der Waals surface area (Å²) in [5.41, 5.74) is 0. The summed E-state index contributed by atoms with van der Waals surface area (Å²) in [6.45, 7) is 5.78. The Bertz CT molecular complexity index is 380. The molecule has 1 rings (SSSR count). The number of rotatable bonds is 3. The largest absolute Gasteiger partial charge is 0.354 e. The average molecular weight is 232 g/mol. The minimum absolute atomic E-state index is 0.0214. The monoisotopic (exact) mass is 232 g/mol. The zero-order valence-electron chi connectivity index (χ0n) is 9.76. The van der Waals surface area contributed by atoms with E-state index in [0.717, 1.165) is 0 Å². The van der Waals surface area contributed by atoms with E-state index in [1.165, 1.54) is 4.90 Å². The molecule has 0 saturated heterocycles. The minimum atomic E-state index is -1.28. The summed E-state index contributed by atoms with van der Waals surface area (Å²) in [5, 5.41) is 0.